The summed E-state index contributed by atoms with van der Waals surface area (Å²) < 4.78 is 38.6. The number of anilines is 1. The van der Waals surface area contributed by atoms with Gasteiger partial charge >= 0.3 is 6.18 Å². The van der Waals surface area contributed by atoms with Gasteiger partial charge in [-0.25, -0.2) is 9.97 Å². The Morgan fingerprint density at radius 3 is 2.83 bits per heavy atom. The Kier molecular flexibility index (Phi) is 3.96. The highest BCUT2D eigenvalue weighted by molar-refractivity contribution is 5.92. The van der Waals surface area contributed by atoms with E-state index in [0.29, 0.717) is 28.3 Å². The number of carbonyl (C=O) groups is 1. The van der Waals surface area contributed by atoms with Crippen LogP contribution >= 0.6 is 0 Å². The molecule has 0 saturated carbocycles. The molecule has 0 saturated heterocycles. The van der Waals surface area contributed by atoms with Crippen LogP contribution in [-0.4, -0.2) is 26.5 Å². The molecule has 5 nitrogen and oxygen atoms in total. The largest absolute Gasteiger partial charge is 0.397 e. The van der Waals surface area contributed by atoms with Crippen LogP contribution in [0, 0.1) is 6.92 Å². The lowest BCUT2D eigenvalue weighted by Crippen LogP contribution is -2.21. The molecule has 0 atom stereocenters. The summed E-state index contributed by atoms with van der Waals surface area (Å²) in [5.41, 5.74) is 2.27. The fraction of sp³-hybridized carbons (Fsp3) is 0.188. The Balaban J connectivity index is 1.89. The van der Waals surface area contributed by atoms with Crippen LogP contribution in [0.5, 0.6) is 0 Å². The van der Waals surface area contributed by atoms with E-state index in [0.717, 1.165) is 0 Å². The maximum atomic E-state index is 12.3. The number of halogens is 3. The van der Waals surface area contributed by atoms with Gasteiger partial charge in [-0.1, -0.05) is 12.1 Å². The predicted octanol–water partition coefficient (Wildman–Crippen LogP) is 3.60. The number of nitrogens with zero attached hydrogens (tertiary/aromatic N) is 3. The molecule has 1 N–H and O–H groups in total. The Morgan fingerprint density at radius 1 is 1.33 bits per heavy atom. The number of nitrogens with one attached hydrogen (secondary N) is 1. The van der Waals surface area contributed by atoms with Crippen molar-refractivity contribution in [2.24, 2.45) is 0 Å². The summed E-state index contributed by atoms with van der Waals surface area (Å²) in [7, 11) is 0. The molecule has 2 aromatic heterocycles. The molecule has 3 rings (SSSR count). The standard InChI is InChI=1S/C16H13F3N4O/c1-10-3-4-11(7-12(10)21-14(24)8-16(17,18)19)13-9-23-6-2-5-20-15(23)22-13/h2-7,9H,8H2,1H3,(H,21,24). The normalized spacial score (nSPS) is 11.7. The monoisotopic (exact) mass is 334 g/mol. The molecule has 0 aliphatic heterocycles. The third-order valence-corrected chi connectivity index (χ3v) is 3.40. The van der Waals surface area contributed by atoms with Crippen LogP contribution < -0.4 is 5.32 Å². The lowest BCUT2D eigenvalue weighted by atomic mass is 10.1. The minimum atomic E-state index is -4.54. The number of hydrogen-bond donors (Lipinski definition) is 1. The molecule has 1 aromatic carbocycles. The highest BCUT2D eigenvalue weighted by Crippen LogP contribution is 2.26. The van der Waals surface area contributed by atoms with Crippen molar-refractivity contribution in [1.82, 2.24) is 14.4 Å². The van der Waals surface area contributed by atoms with E-state index in [2.05, 4.69) is 15.3 Å². The molecule has 0 aliphatic rings. The van der Waals surface area contributed by atoms with E-state index < -0.39 is 18.5 Å². The summed E-state index contributed by atoms with van der Waals surface area (Å²) in [6.45, 7) is 1.71. The molecule has 0 radical (unpaired) electrons. The third-order valence-electron chi connectivity index (χ3n) is 3.40. The Labute approximate surface area is 135 Å². The first-order chi connectivity index (χ1) is 11.3. The second kappa shape index (κ2) is 5.95. The predicted molar refractivity (Wildman–Crippen MR) is 82.5 cm³/mol. The smallest absolute Gasteiger partial charge is 0.326 e. The average molecular weight is 334 g/mol. The van der Waals surface area contributed by atoms with E-state index in [-0.39, 0.29) is 0 Å². The average Bonchev–Trinajstić information content (AvgIpc) is 2.91. The van der Waals surface area contributed by atoms with Gasteiger partial charge in [0.15, 0.2) is 0 Å². The summed E-state index contributed by atoms with van der Waals surface area (Å²) in [5.74, 6) is -0.588. The maximum absolute atomic E-state index is 12.3. The lowest BCUT2D eigenvalue weighted by Gasteiger charge is -2.11. The number of imidazole rings is 1. The third kappa shape index (κ3) is 3.53. The second-order valence-electron chi connectivity index (χ2n) is 5.32. The molecule has 0 fully saturated rings. The fourth-order valence-corrected chi connectivity index (χ4v) is 2.26. The first-order valence-corrected chi connectivity index (χ1v) is 7.09. The van der Waals surface area contributed by atoms with Gasteiger partial charge in [0, 0.05) is 29.8 Å². The van der Waals surface area contributed by atoms with Gasteiger partial charge in [0.2, 0.25) is 11.7 Å². The molecule has 8 heteroatoms. The highest BCUT2D eigenvalue weighted by Gasteiger charge is 2.31. The number of aromatic nitrogens is 3. The summed E-state index contributed by atoms with van der Waals surface area (Å²) >= 11 is 0. The van der Waals surface area contributed by atoms with Gasteiger partial charge in [-0.2, -0.15) is 13.2 Å². The zero-order chi connectivity index (χ0) is 17.3. The molecule has 0 unspecified atom stereocenters. The van der Waals surface area contributed by atoms with Gasteiger partial charge in [0.1, 0.15) is 6.42 Å². The van der Waals surface area contributed by atoms with Gasteiger partial charge in [-0.05, 0) is 24.6 Å². The van der Waals surface area contributed by atoms with E-state index >= 15 is 0 Å². The summed E-state index contributed by atoms with van der Waals surface area (Å²) in [4.78, 5) is 20.0. The number of amides is 1. The molecular formula is C16H13F3N4O. The van der Waals surface area contributed by atoms with E-state index in [1.807, 2.05) is 0 Å². The Hall–Kier alpha value is -2.90. The number of benzene rings is 1. The van der Waals surface area contributed by atoms with Crippen molar-refractivity contribution in [3.05, 3.63) is 48.4 Å². The van der Waals surface area contributed by atoms with Crippen LogP contribution in [0.3, 0.4) is 0 Å². The second-order valence-corrected chi connectivity index (χ2v) is 5.32. The molecule has 124 valence electrons. The van der Waals surface area contributed by atoms with Crippen molar-refractivity contribution in [2.45, 2.75) is 19.5 Å². The van der Waals surface area contributed by atoms with E-state index in [4.69, 9.17) is 0 Å². The van der Waals surface area contributed by atoms with E-state index in [1.54, 1.807) is 54.2 Å². The number of carbonyl (C=O) groups excluding carboxylic acids is 1. The zero-order valence-corrected chi connectivity index (χ0v) is 12.6. The fourth-order valence-electron chi connectivity index (χ4n) is 2.26. The summed E-state index contributed by atoms with van der Waals surface area (Å²) in [6.07, 6.45) is -0.894. The lowest BCUT2D eigenvalue weighted by molar-refractivity contribution is -0.150. The Bertz CT molecular complexity index is 869. The van der Waals surface area contributed by atoms with Gasteiger partial charge in [0.05, 0.1) is 5.69 Å². The SMILES string of the molecule is Cc1ccc(-c2cn3cccnc3n2)cc1NC(=O)CC(F)(F)F. The molecule has 0 aliphatic carbocycles. The van der Waals surface area contributed by atoms with Gasteiger partial charge in [-0.15, -0.1) is 0 Å². The number of rotatable bonds is 3. The van der Waals surface area contributed by atoms with Crippen LogP contribution in [-0.2, 0) is 4.79 Å². The quantitative estimate of drug-likeness (QED) is 0.796. The van der Waals surface area contributed by atoms with Crippen LogP contribution in [0.1, 0.15) is 12.0 Å². The zero-order valence-electron chi connectivity index (χ0n) is 12.6. The van der Waals surface area contributed by atoms with Crippen molar-refractivity contribution < 1.29 is 18.0 Å². The van der Waals surface area contributed by atoms with Gasteiger partial charge in [0.25, 0.3) is 0 Å². The van der Waals surface area contributed by atoms with Crippen molar-refractivity contribution in [1.29, 1.82) is 0 Å². The molecule has 1 amide bonds. The van der Waals surface area contributed by atoms with E-state index in [9.17, 15) is 18.0 Å². The van der Waals surface area contributed by atoms with Gasteiger partial charge in [-0.3, -0.25) is 9.20 Å². The van der Waals surface area contributed by atoms with Crippen LogP contribution in [0.2, 0.25) is 0 Å². The number of fused-ring (bicyclic) bond motifs is 1. The number of aryl methyl sites for hydroxylation is 1. The van der Waals surface area contributed by atoms with Crippen molar-refractivity contribution in [3.63, 3.8) is 0 Å². The number of hydrogen-bond acceptors (Lipinski definition) is 3. The van der Waals surface area contributed by atoms with Crippen molar-refractivity contribution >= 4 is 17.4 Å². The topological polar surface area (TPSA) is 59.3 Å². The van der Waals surface area contributed by atoms with Crippen LogP contribution in [0.15, 0.2) is 42.9 Å². The van der Waals surface area contributed by atoms with Crippen LogP contribution in [0.25, 0.3) is 17.0 Å². The Morgan fingerprint density at radius 2 is 2.12 bits per heavy atom. The summed E-state index contributed by atoms with van der Waals surface area (Å²) in [5, 5.41) is 2.30. The first kappa shape index (κ1) is 16.0. The van der Waals surface area contributed by atoms with Gasteiger partial charge < -0.3 is 5.32 Å². The first-order valence-electron chi connectivity index (χ1n) is 7.09. The van der Waals surface area contributed by atoms with Crippen LogP contribution in [0.4, 0.5) is 18.9 Å². The molecule has 24 heavy (non-hydrogen) atoms. The summed E-state index contributed by atoms with van der Waals surface area (Å²) in [6, 6.07) is 6.87. The molecule has 2 heterocycles. The molecule has 3 aromatic rings. The van der Waals surface area contributed by atoms with E-state index in [1.165, 1.54) is 0 Å². The maximum Gasteiger partial charge on any atom is 0.397 e. The molecule has 0 spiro atoms. The molecular weight excluding hydrogens is 321 g/mol. The minimum Gasteiger partial charge on any atom is -0.326 e. The van der Waals surface area contributed by atoms with Crippen molar-refractivity contribution in [2.75, 3.05) is 5.32 Å². The van der Waals surface area contributed by atoms with Crippen molar-refractivity contribution in [3.8, 4) is 11.3 Å². The number of alkyl halides is 3. The highest BCUT2D eigenvalue weighted by atomic mass is 19.4. The molecule has 0 bridgehead atoms. The minimum absolute atomic E-state index is 0.326.